The summed E-state index contributed by atoms with van der Waals surface area (Å²) in [5.74, 6) is -0.516. The summed E-state index contributed by atoms with van der Waals surface area (Å²) in [7, 11) is 0. The summed E-state index contributed by atoms with van der Waals surface area (Å²) in [4.78, 5) is 34.7. The van der Waals surface area contributed by atoms with E-state index in [2.05, 4.69) is 15.8 Å². The Kier molecular flexibility index (Phi) is 9.42. The van der Waals surface area contributed by atoms with Crippen molar-refractivity contribution in [2.45, 2.75) is 13.8 Å². The Morgan fingerprint density at radius 1 is 1.05 bits per heavy atom. The van der Waals surface area contributed by atoms with Gasteiger partial charge in [0.25, 0.3) is 17.5 Å². The number of hydrazone groups is 1. The van der Waals surface area contributed by atoms with Crippen LogP contribution in [0.1, 0.15) is 28.4 Å². The number of rotatable bonds is 10. The quantitative estimate of drug-likeness (QED) is 0.200. The highest BCUT2D eigenvalue weighted by Crippen LogP contribution is 2.36. The first-order chi connectivity index (χ1) is 17.7. The van der Waals surface area contributed by atoms with Crippen LogP contribution in [-0.4, -0.2) is 36.2 Å². The molecule has 2 amide bonds. The summed E-state index contributed by atoms with van der Waals surface area (Å²) in [6.07, 6.45) is 1.34. The van der Waals surface area contributed by atoms with Gasteiger partial charge in [0.15, 0.2) is 18.1 Å². The Bertz CT molecular complexity index is 1350. The van der Waals surface area contributed by atoms with E-state index in [1.165, 1.54) is 36.5 Å². The number of benzene rings is 3. The van der Waals surface area contributed by atoms with Crippen molar-refractivity contribution >= 4 is 52.6 Å². The van der Waals surface area contributed by atoms with E-state index in [-0.39, 0.29) is 34.4 Å². The number of hydrogen-bond donors (Lipinski definition) is 2. The lowest BCUT2D eigenvalue weighted by Crippen LogP contribution is -2.20. The lowest BCUT2D eigenvalue weighted by atomic mass is 10.2. The normalized spacial score (nSPS) is 10.7. The molecule has 0 aromatic heterocycles. The first-order valence-corrected chi connectivity index (χ1v) is 11.7. The molecule has 0 saturated carbocycles. The van der Waals surface area contributed by atoms with Crippen molar-refractivity contribution in [2.24, 2.45) is 5.10 Å². The molecule has 0 fully saturated rings. The molecular formula is C25H22Cl2N4O6. The molecule has 3 rings (SSSR count). The van der Waals surface area contributed by atoms with E-state index in [0.717, 1.165) is 5.56 Å². The van der Waals surface area contributed by atoms with Gasteiger partial charge in [0.05, 0.1) is 22.8 Å². The summed E-state index contributed by atoms with van der Waals surface area (Å²) in [6.45, 7) is 3.61. The minimum absolute atomic E-state index is 0.127. The fourth-order valence-corrected chi connectivity index (χ4v) is 3.49. The molecule has 3 aromatic carbocycles. The van der Waals surface area contributed by atoms with Crippen molar-refractivity contribution in [2.75, 3.05) is 18.5 Å². The molecule has 2 N–H and O–H groups in total. The van der Waals surface area contributed by atoms with E-state index in [1.807, 2.05) is 6.92 Å². The zero-order valence-corrected chi connectivity index (χ0v) is 21.3. The second-order valence-corrected chi connectivity index (χ2v) is 8.38. The standard InChI is InChI=1S/C25H22Cl2N4O6/c1-3-36-22-11-16(13-28-30-25(33)17-5-8-19(9-6-17)31(34)35)10-21(27)24(22)37-14-23(32)29-18-7-4-15(2)20(26)12-18/h4-13H,3,14H2,1-2H3,(H,29,32)(H,30,33)/b28-13+. The third-order valence-electron chi connectivity index (χ3n) is 4.85. The highest BCUT2D eigenvalue weighted by atomic mass is 35.5. The van der Waals surface area contributed by atoms with Crippen LogP contribution in [0, 0.1) is 17.0 Å². The molecule has 0 radical (unpaired) electrons. The average Bonchev–Trinajstić information content (AvgIpc) is 2.86. The molecular weight excluding hydrogens is 523 g/mol. The van der Waals surface area contributed by atoms with Crippen LogP contribution in [0.15, 0.2) is 59.7 Å². The second kappa shape index (κ2) is 12.7. The van der Waals surface area contributed by atoms with Crippen LogP contribution in [0.4, 0.5) is 11.4 Å². The van der Waals surface area contributed by atoms with Gasteiger partial charge in [-0.2, -0.15) is 5.10 Å². The van der Waals surface area contributed by atoms with E-state index in [4.69, 9.17) is 32.7 Å². The molecule has 0 heterocycles. The van der Waals surface area contributed by atoms with E-state index in [9.17, 15) is 19.7 Å². The molecule has 37 heavy (non-hydrogen) atoms. The van der Waals surface area contributed by atoms with Gasteiger partial charge < -0.3 is 14.8 Å². The molecule has 0 saturated heterocycles. The molecule has 192 valence electrons. The number of halogens is 2. The molecule has 0 aliphatic carbocycles. The fraction of sp³-hybridized carbons (Fsp3) is 0.160. The summed E-state index contributed by atoms with van der Waals surface area (Å²) in [5, 5.41) is 18.0. The Hall–Kier alpha value is -4.15. The largest absolute Gasteiger partial charge is 0.490 e. The topological polar surface area (TPSA) is 132 Å². The molecule has 3 aromatic rings. The number of carbonyl (C=O) groups excluding carboxylic acids is 2. The number of nitrogens with one attached hydrogen (secondary N) is 2. The van der Waals surface area contributed by atoms with Crippen LogP contribution in [0.25, 0.3) is 0 Å². The Balaban J connectivity index is 1.65. The molecule has 10 nitrogen and oxygen atoms in total. The van der Waals surface area contributed by atoms with Crippen molar-refractivity contribution in [3.05, 3.63) is 91.4 Å². The molecule has 0 bridgehead atoms. The van der Waals surface area contributed by atoms with Crippen LogP contribution in [-0.2, 0) is 4.79 Å². The number of nitro benzene ring substituents is 1. The second-order valence-electron chi connectivity index (χ2n) is 7.57. The molecule has 0 aliphatic heterocycles. The average molecular weight is 545 g/mol. The minimum Gasteiger partial charge on any atom is -0.490 e. The molecule has 12 heteroatoms. The van der Waals surface area contributed by atoms with Crippen molar-refractivity contribution in [1.29, 1.82) is 0 Å². The number of carbonyl (C=O) groups is 2. The maximum Gasteiger partial charge on any atom is 0.271 e. The predicted molar refractivity (Wildman–Crippen MR) is 141 cm³/mol. The number of amides is 2. The van der Waals surface area contributed by atoms with Gasteiger partial charge in [-0.05, 0) is 61.4 Å². The summed E-state index contributed by atoms with van der Waals surface area (Å²) in [6, 6.07) is 13.4. The minimum atomic E-state index is -0.556. The zero-order valence-electron chi connectivity index (χ0n) is 19.8. The number of hydrogen-bond acceptors (Lipinski definition) is 7. The van der Waals surface area contributed by atoms with Crippen molar-refractivity contribution < 1.29 is 24.0 Å². The third kappa shape index (κ3) is 7.66. The zero-order chi connectivity index (χ0) is 26.9. The Morgan fingerprint density at radius 2 is 1.78 bits per heavy atom. The van der Waals surface area contributed by atoms with E-state index in [1.54, 1.807) is 31.2 Å². The smallest absolute Gasteiger partial charge is 0.271 e. The molecule has 0 aliphatic rings. The maximum absolute atomic E-state index is 12.3. The van der Waals surface area contributed by atoms with E-state index >= 15 is 0 Å². The SMILES string of the molecule is CCOc1cc(/C=N/NC(=O)c2ccc([N+](=O)[O-])cc2)cc(Cl)c1OCC(=O)Nc1ccc(C)c(Cl)c1. The van der Waals surface area contributed by atoms with Crippen LogP contribution >= 0.6 is 23.2 Å². The van der Waals surface area contributed by atoms with E-state index < -0.39 is 16.7 Å². The summed E-state index contributed by atoms with van der Waals surface area (Å²) in [5.41, 5.74) is 4.32. The fourth-order valence-electron chi connectivity index (χ4n) is 3.04. The Labute approximate surface area is 222 Å². The van der Waals surface area contributed by atoms with Crippen molar-refractivity contribution in [3.63, 3.8) is 0 Å². The predicted octanol–water partition coefficient (Wildman–Crippen LogP) is 5.39. The van der Waals surface area contributed by atoms with Crippen molar-refractivity contribution in [1.82, 2.24) is 5.43 Å². The highest BCUT2D eigenvalue weighted by Gasteiger charge is 2.15. The molecule has 0 spiro atoms. The number of ether oxygens (including phenoxy) is 2. The van der Waals surface area contributed by atoms with Crippen LogP contribution < -0.4 is 20.2 Å². The number of nitro groups is 1. The lowest BCUT2D eigenvalue weighted by Gasteiger charge is -2.14. The van der Waals surface area contributed by atoms with Gasteiger partial charge in [-0.3, -0.25) is 19.7 Å². The van der Waals surface area contributed by atoms with Gasteiger partial charge in [0, 0.05) is 28.4 Å². The molecule has 0 unspecified atom stereocenters. The summed E-state index contributed by atoms with van der Waals surface area (Å²) >= 11 is 12.5. The van der Waals surface area contributed by atoms with Crippen LogP contribution in [0.3, 0.4) is 0 Å². The number of anilines is 1. The highest BCUT2D eigenvalue weighted by molar-refractivity contribution is 6.32. The monoisotopic (exact) mass is 544 g/mol. The maximum atomic E-state index is 12.3. The summed E-state index contributed by atoms with van der Waals surface area (Å²) < 4.78 is 11.2. The van der Waals surface area contributed by atoms with Gasteiger partial charge in [-0.15, -0.1) is 0 Å². The van der Waals surface area contributed by atoms with Gasteiger partial charge in [-0.1, -0.05) is 29.3 Å². The van der Waals surface area contributed by atoms with Crippen LogP contribution in [0.5, 0.6) is 11.5 Å². The number of nitrogens with zero attached hydrogens (tertiary/aromatic N) is 2. The number of aryl methyl sites for hydroxylation is 1. The van der Waals surface area contributed by atoms with Gasteiger partial charge >= 0.3 is 0 Å². The first-order valence-electron chi connectivity index (χ1n) is 10.9. The third-order valence-corrected chi connectivity index (χ3v) is 5.54. The van der Waals surface area contributed by atoms with Gasteiger partial charge in [0.1, 0.15) is 0 Å². The van der Waals surface area contributed by atoms with Gasteiger partial charge in [-0.25, -0.2) is 5.43 Å². The first kappa shape index (κ1) is 27.4. The number of non-ortho nitro benzene ring substituents is 1. The van der Waals surface area contributed by atoms with Crippen molar-refractivity contribution in [3.8, 4) is 11.5 Å². The molecule has 0 atom stereocenters. The Morgan fingerprint density at radius 3 is 2.43 bits per heavy atom. The van der Waals surface area contributed by atoms with Crippen LogP contribution in [0.2, 0.25) is 10.0 Å². The van der Waals surface area contributed by atoms with E-state index in [0.29, 0.717) is 22.9 Å². The van der Waals surface area contributed by atoms with Gasteiger partial charge in [0.2, 0.25) is 0 Å². The lowest BCUT2D eigenvalue weighted by molar-refractivity contribution is -0.384.